The Hall–Kier alpha value is -1.51. The van der Waals surface area contributed by atoms with Gasteiger partial charge in [0.05, 0.1) is 0 Å². The number of primary amides is 1. The fourth-order valence-electron chi connectivity index (χ4n) is 0.729. The molecule has 0 heterocycles. The van der Waals surface area contributed by atoms with Crippen LogP contribution in [0.25, 0.3) is 0 Å². The highest BCUT2D eigenvalue weighted by atomic mass is 16.5. The maximum atomic E-state index is 10.2. The van der Waals surface area contributed by atoms with Gasteiger partial charge in [-0.3, -0.25) is 0 Å². The quantitative estimate of drug-likeness (QED) is 0.700. The first-order chi connectivity index (χ1) is 5.29. The van der Waals surface area contributed by atoms with Crippen LogP contribution in [0.1, 0.15) is 6.99 Å². The average Bonchev–Trinajstić information content (AvgIpc) is 2.03. The maximum absolute atomic E-state index is 10.2. The van der Waals surface area contributed by atoms with E-state index in [0.29, 0.717) is 0 Å². The first kappa shape index (κ1) is 7.60. The van der Waals surface area contributed by atoms with Gasteiger partial charge in [0.2, 0.25) is 0 Å². The lowest BCUT2D eigenvalue weighted by molar-refractivity contribution is 0.150. The van der Waals surface area contributed by atoms with E-state index in [-0.39, 0.29) is 8.03 Å². The van der Waals surface area contributed by atoms with Crippen molar-refractivity contribution in [3.8, 4) is 0 Å². The summed E-state index contributed by atoms with van der Waals surface area (Å²) in [6.07, 6.45) is -0.742. The second-order valence-electron chi connectivity index (χ2n) is 2.09. The number of carbonyl (C=O) groups is 1. The molecule has 2 N–H and O–H groups in total. The Morgan fingerprint density at radius 2 is 2.09 bits per heavy atom. The standard InChI is InChI=1S/C8H9NO2.H2/c9-8(10)11-6-7-4-2-1-3-5-7;/h1-5H,6H2,(H2,9,10);1H. The summed E-state index contributed by atoms with van der Waals surface area (Å²) in [6.45, 7) is 0.246. The van der Waals surface area contributed by atoms with Crippen LogP contribution in [0, 0.1) is 0 Å². The Kier molecular flexibility index (Phi) is 2.49. The fourth-order valence-corrected chi connectivity index (χ4v) is 0.729. The third kappa shape index (κ3) is 2.71. The predicted molar refractivity (Wildman–Crippen MR) is 42.9 cm³/mol. The molecule has 0 spiro atoms. The molecule has 0 saturated heterocycles. The van der Waals surface area contributed by atoms with Gasteiger partial charge in [-0.25, -0.2) is 4.79 Å². The number of hydrogen-bond donors (Lipinski definition) is 1. The Morgan fingerprint density at radius 3 is 2.64 bits per heavy atom. The number of ether oxygens (including phenoxy) is 1. The third-order valence-electron chi connectivity index (χ3n) is 1.22. The summed E-state index contributed by atoms with van der Waals surface area (Å²) in [6, 6.07) is 9.37. The molecule has 0 fully saturated rings. The molecule has 1 aromatic rings. The predicted octanol–water partition coefficient (Wildman–Crippen LogP) is 1.53. The van der Waals surface area contributed by atoms with Gasteiger partial charge in [-0.1, -0.05) is 30.3 Å². The lowest BCUT2D eigenvalue weighted by Gasteiger charge is -1.99. The molecular weight excluding hydrogens is 142 g/mol. The molecule has 60 valence electrons. The van der Waals surface area contributed by atoms with E-state index in [9.17, 15) is 4.79 Å². The number of amides is 1. The molecule has 1 aromatic carbocycles. The molecule has 0 saturated carbocycles. The van der Waals surface area contributed by atoms with Gasteiger partial charge < -0.3 is 10.5 Å². The first-order valence-corrected chi connectivity index (χ1v) is 3.25. The molecule has 1 amide bonds. The maximum Gasteiger partial charge on any atom is 0.404 e. The SMILES string of the molecule is NC(=O)OCc1ccccc1.[HH]. The van der Waals surface area contributed by atoms with E-state index in [1.54, 1.807) is 0 Å². The third-order valence-corrected chi connectivity index (χ3v) is 1.22. The molecule has 0 aromatic heterocycles. The van der Waals surface area contributed by atoms with Crippen LogP contribution in [0.2, 0.25) is 0 Å². The van der Waals surface area contributed by atoms with Crippen molar-refractivity contribution in [2.45, 2.75) is 6.61 Å². The smallest absolute Gasteiger partial charge is 0.404 e. The topological polar surface area (TPSA) is 52.3 Å². The van der Waals surface area contributed by atoms with Crippen molar-refractivity contribution in [2.75, 3.05) is 0 Å². The highest BCUT2D eigenvalue weighted by Gasteiger charge is 1.93. The number of hydrogen-bond acceptors (Lipinski definition) is 2. The van der Waals surface area contributed by atoms with Crippen LogP contribution in [-0.2, 0) is 11.3 Å². The van der Waals surface area contributed by atoms with E-state index >= 15 is 0 Å². The van der Waals surface area contributed by atoms with Gasteiger partial charge in [-0.2, -0.15) is 0 Å². The summed E-state index contributed by atoms with van der Waals surface area (Å²) in [5.41, 5.74) is 5.72. The van der Waals surface area contributed by atoms with E-state index in [1.165, 1.54) is 0 Å². The molecule has 0 radical (unpaired) electrons. The highest BCUT2D eigenvalue weighted by molar-refractivity contribution is 5.64. The van der Waals surface area contributed by atoms with Crippen LogP contribution in [-0.4, -0.2) is 6.09 Å². The van der Waals surface area contributed by atoms with Crippen LogP contribution < -0.4 is 5.73 Å². The lowest BCUT2D eigenvalue weighted by atomic mass is 10.2. The van der Waals surface area contributed by atoms with Gasteiger partial charge >= 0.3 is 6.09 Å². The van der Waals surface area contributed by atoms with Crippen LogP contribution >= 0.6 is 0 Å². The van der Waals surface area contributed by atoms with Crippen LogP contribution in [0.5, 0.6) is 0 Å². The zero-order valence-corrected chi connectivity index (χ0v) is 5.99. The molecule has 0 bridgehead atoms. The molecule has 3 nitrogen and oxygen atoms in total. The van der Waals surface area contributed by atoms with Crippen LogP contribution in [0.4, 0.5) is 4.79 Å². The largest absolute Gasteiger partial charge is 0.445 e. The molecule has 0 unspecified atom stereocenters. The summed E-state index contributed by atoms with van der Waals surface area (Å²) in [4.78, 5) is 10.2. The molecule has 0 aliphatic carbocycles. The summed E-state index contributed by atoms with van der Waals surface area (Å²) < 4.78 is 4.57. The van der Waals surface area contributed by atoms with Crippen molar-refractivity contribution in [1.82, 2.24) is 0 Å². The molecule has 0 aliphatic rings. The van der Waals surface area contributed by atoms with Crippen LogP contribution in [0.15, 0.2) is 30.3 Å². The number of nitrogens with two attached hydrogens (primary N) is 1. The van der Waals surface area contributed by atoms with Crippen LogP contribution in [0.3, 0.4) is 0 Å². The Morgan fingerprint density at radius 1 is 1.45 bits per heavy atom. The summed E-state index contributed by atoms with van der Waals surface area (Å²) in [5.74, 6) is 0. The molecule has 3 heteroatoms. The van der Waals surface area contributed by atoms with Crippen molar-refractivity contribution in [3.05, 3.63) is 35.9 Å². The van der Waals surface area contributed by atoms with Crippen molar-refractivity contribution in [2.24, 2.45) is 5.73 Å². The monoisotopic (exact) mass is 153 g/mol. The number of carbonyl (C=O) groups excluding carboxylic acids is 1. The minimum absolute atomic E-state index is 0. The lowest BCUT2D eigenvalue weighted by Crippen LogP contribution is -2.12. The highest BCUT2D eigenvalue weighted by Crippen LogP contribution is 1.99. The van der Waals surface area contributed by atoms with E-state index in [2.05, 4.69) is 4.74 Å². The molecule has 1 rings (SSSR count). The minimum atomic E-state index is -0.742. The van der Waals surface area contributed by atoms with E-state index in [4.69, 9.17) is 5.73 Å². The van der Waals surface area contributed by atoms with E-state index < -0.39 is 6.09 Å². The summed E-state index contributed by atoms with van der Waals surface area (Å²) in [7, 11) is 0. The summed E-state index contributed by atoms with van der Waals surface area (Å²) >= 11 is 0. The van der Waals surface area contributed by atoms with Gasteiger partial charge in [0, 0.05) is 1.43 Å². The molecule has 0 atom stereocenters. The molecular formula is C8H11NO2. The van der Waals surface area contributed by atoms with Gasteiger partial charge in [0.15, 0.2) is 0 Å². The molecule has 11 heavy (non-hydrogen) atoms. The molecule has 0 aliphatic heterocycles. The van der Waals surface area contributed by atoms with Gasteiger partial charge in [0.1, 0.15) is 6.61 Å². The van der Waals surface area contributed by atoms with Crippen molar-refractivity contribution in [3.63, 3.8) is 0 Å². The average molecular weight is 153 g/mol. The number of rotatable bonds is 2. The normalized spacial score (nSPS) is 9.09. The Balaban J connectivity index is 0.00000121. The van der Waals surface area contributed by atoms with Gasteiger partial charge in [-0.05, 0) is 5.56 Å². The minimum Gasteiger partial charge on any atom is -0.445 e. The van der Waals surface area contributed by atoms with Gasteiger partial charge in [-0.15, -0.1) is 0 Å². The summed E-state index contributed by atoms with van der Waals surface area (Å²) in [5, 5.41) is 0. The second-order valence-corrected chi connectivity index (χ2v) is 2.09. The van der Waals surface area contributed by atoms with Gasteiger partial charge in [0.25, 0.3) is 0 Å². The second kappa shape index (κ2) is 3.61. The number of benzene rings is 1. The fraction of sp³-hybridized carbons (Fsp3) is 0.125. The van der Waals surface area contributed by atoms with E-state index in [1.807, 2.05) is 30.3 Å². The van der Waals surface area contributed by atoms with E-state index in [0.717, 1.165) is 5.56 Å². The Labute approximate surface area is 66.3 Å². The first-order valence-electron chi connectivity index (χ1n) is 3.25. The van der Waals surface area contributed by atoms with Crippen molar-refractivity contribution < 1.29 is 11.0 Å². The zero-order chi connectivity index (χ0) is 8.10. The zero-order valence-electron chi connectivity index (χ0n) is 5.99. The van der Waals surface area contributed by atoms with Crippen molar-refractivity contribution >= 4 is 6.09 Å². The Bertz CT molecular complexity index is 238. The van der Waals surface area contributed by atoms with Crippen molar-refractivity contribution in [1.29, 1.82) is 0 Å².